The van der Waals surface area contributed by atoms with Gasteiger partial charge < -0.3 is 0 Å². The molecule has 1 rings (SSSR count). The fraction of sp³-hybridized carbons (Fsp3) is 1.00. The van der Waals surface area contributed by atoms with E-state index in [0.29, 0.717) is 5.25 Å². The van der Waals surface area contributed by atoms with Crippen LogP contribution in [0.5, 0.6) is 0 Å². The first kappa shape index (κ1) is 12.4. The van der Waals surface area contributed by atoms with Crippen LogP contribution in [-0.2, 0) is 0 Å². The summed E-state index contributed by atoms with van der Waals surface area (Å²) in [6.45, 7) is 7.06. The lowest BCUT2D eigenvalue weighted by atomic mass is 9.92. The molecule has 0 nitrogen and oxygen atoms in total. The van der Waals surface area contributed by atoms with Gasteiger partial charge in [0.25, 0.3) is 0 Å². The molecule has 0 amide bonds. The Kier molecular flexibility index (Phi) is 5.36. The van der Waals surface area contributed by atoms with Gasteiger partial charge >= 0.3 is 0 Å². The molecule has 0 aromatic heterocycles. The molecule has 14 heavy (non-hydrogen) atoms. The standard InChI is InChI=1S/C13H26S/c1-4-5-10(2)6-7-12-8-11(3)9-13(12)14/h10-14H,4-9H2,1-3H3. The number of thiol groups is 1. The van der Waals surface area contributed by atoms with Gasteiger partial charge in [-0.3, -0.25) is 0 Å². The van der Waals surface area contributed by atoms with E-state index in [1.165, 1.54) is 38.5 Å². The van der Waals surface area contributed by atoms with Gasteiger partial charge in [0, 0.05) is 5.25 Å². The lowest BCUT2D eigenvalue weighted by Gasteiger charge is -2.17. The lowest BCUT2D eigenvalue weighted by molar-refractivity contribution is 0.394. The van der Waals surface area contributed by atoms with Crippen molar-refractivity contribution in [3.63, 3.8) is 0 Å². The normalized spacial score (nSPS) is 34.7. The predicted molar refractivity (Wildman–Crippen MR) is 68.0 cm³/mol. The summed E-state index contributed by atoms with van der Waals surface area (Å²) in [7, 11) is 0. The minimum atomic E-state index is 0.693. The van der Waals surface area contributed by atoms with Gasteiger partial charge in [0.05, 0.1) is 0 Å². The molecule has 0 bridgehead atoms. The van der Waals surface area contributed by atoms with Crippen molar-refractivity contribution in [1.82, 2.24) is 0 Å². The second kappa shape index (κ2) is 6.05. The molecule has 0 N–H and O–H groups in total. The van der Waals surface area contributed by atoms with Crippen molar-refractivity contribution in [2.24, 2.45) is 17.8 Å². The van der Waals surface area contributed by atoms with Crippen molar-refractivity contribution in [2.75, 3.05) is 0 Å². The summed E-state index contributed by atoms with van der Waals surface area (Å²) in [5.74, 6) is 2.76. The SMILES string of the molecule is CCCC(C)CCC1CC(C)CC1S. The molecule has 1 saturated carbocycles. The number of hydrogen-bond donors (Lipinski definition) is 1. The summed E-state index contributed by atoms with van der Waals surface area (Å²) < 4.78 is 0. The van der Waals surface area contributed by atoms with E-state index in [1.54, 1.807) is 0 Å². The fourth-order valence-corrected chi connectivity index (χ4v) is 3.45. The number of rotatable bonds is 5. The van der Waals surface area contributed by atoms with E-state index in [-0.39, 0.29) is 0 Å². The Labute approximate surface area is 95.3 Å². The zero-order valence-electron chi connectivity index (χ0n) is 10.00. The maximum atomic E-state index is 4.70. The van der Waals surface area contributed by atoms with Crippen LogP contribution in [0.4, 0.5) is 0 Å². The first-order chi connectivity index (χ1) is 6.63. The van der Waals surface area contributed by atoms with E-state index < -0.39 is 0 Å². The molecule has 1 heteroatoms. The van der Waals surface area contributed by atoms with E-state index in [9.17, 15) is 0 Å². The topological polar surface area (TPSA) is 0 Å². The molecule has 1 aliphatic rings. The van der Waals surface area contributed by atoms with Crippen LogP contribution in [0.2, 0.25) is 0 Å². The second-order valence-electron chi connectivity index (χ2n) is 5.38. The van der Waals surface area contributed by atoms with Crippen molar-refractivity contribution in [2.45, 2.75) is 64.5 Å². The van der Waals surface area contributed by atoms with Gasteiger partial charge in [-0.05, 0) is 37.0 Å². The van der Waals surface area contributed by atoms with Gasteiger partial charge in [-0.1, -0.05) is 40.0 Å². The summed E-state index contributed by atoms with van der Waals surface area (Å²) in [6, 6.07) is 0. The Morgan fingerprint density at radius 2 is 2.00 bits per heavy atom. The third kappa shape index (κ3) is 3.84. The summed E-state index contributed by atoms with van der Waals surface area (Å²) >= 11 is 4.70. The average molecular weight is 214 g/mol. The van der Waals surface area contributed by atoms with Gasteiger partial charge in [-0.15, -0.1) is 0 Å². The molecule has 0 radical (unpaired) electrons. The van der Waals surface area contributed by atoms with E-state index in [0.717, 1.165) is 17.8 Å². The van der Waals surface area contributed by atoms with Crippen molar-refractivity contribution in [3.8, 4) is 0 Å². The quantitative estimate of drug-likeness (QED) is 0.638. The van der Waals surface area contributed by atoms with Crippen LogP contribution >= 0.6 is 12.6 Å². The van der Waals surface area contributed by atoms with Crippen molar-refractivity contribution >= 4 is 12.6 Å². The summed E-state index contributed by atoms with van der Waals surface area (Å²) in [4.78, 5) is 0. The third-order valence-electron chi connectivity index (χ3n) is 3.70. The van der Waals surface area contributed by atoms with Gasteiger partial charge in [0.15, 0.2) is 0 Å². The first-order valence-electron chi connectivity index (χ1n) is 6.31. The van der Waals surface area contributed by atoms with Gasteiger partial charge in [0.2, 0.25) is 0 Å². The maximum Gasteiger partial charge on any atom is 0.00477 e. The van der Waals surface area contributed by atoms with Gasteiger partial charge in [-0.2, -0.15) is 12.6 Å². The van der Waals surface area contributed by atoms with Crippen LogP contribution < -0.4 is 0 Å². The highest BCUT2D eigenvalue weighted by Gasteiger charge is 2.28. The summed E-state index contributed by atoms with van der Waals surface area (Å²) in [5.41, 5.74) is 0. The number of hydrogen-bond acceptors (Lipinski definition) is 1. The fourth-order valence-electron chi connectivity index (χ4n) is 2.82. The Balaban J connectivity index is 2.18. The van der Waals surface area contributed by atoms with Crippen LogP contribution in [0.25, 0.3) is 0 Å². The third-order valence-corrected chi connectivity index (χ3v) is 4.34. The molecule has 0 spiro atoms. The van der Waals surface area contributed by atoms with Crippen LogP contribution in [-0.4, -0.2) is 5.25 Å². The van der Waals surface area contributed by atoms with E-state index in [4.69, 9.17) is 12.6 Å². The van der Waals surface area contributed by atoms with Crippen LogP contribution in [0.1, 0.15) is 59.3 Å². The molecule has 0 aromatic rings. The Hall–Kier alpha value is 0.350. The Bertz CT molecular complexity index is 155. The monoisotopic (exact) mass is 214 g/mol. The minimum absolute atomic E-state index is 0.693. The lowest BCUT2D eigenvalue weighted by Crippen LogP contribution is -2.08. The minimum Gasteiger partial charge on any atom is -0.176 e. The van der Waals surface area contributed by atoms with Crippen LogP contribution in [0.15, 0.2) is 0 Å². The Morgan fingerprint density at radius 1 is 1.29 bits per heavy atom. The molecule has 0 aromatic carbocycles. The Morgan fingerprint density at radius 3 is 2.50 bits per heavy atom. The highest BCUT2D eigenvalue weighted by molar-refractivity contribution is 7.81. The molecule has 4 atom stereocenters. The molecular weight excluding hydrogens is 188 g/mol. The largest absolute Gasteiger partial charge is 0.176 e. The molecule has 4 unspecified atom stereocenters. The molecular formula is C13H26S. The van der Waals surface area contributed by atoms with E-state index >= 15 is 0 Å². The molecule has 1 aliphatic carbocycles. The zero-order chi connectivity index (χ0) is 10.6. The van der Waals surface area contributed by atoms with Crippen molar-refractivity contribution < 1.29 is 0 Å². The molecule has 1 fully saturated rings. The summed E-state index contributed by atoms with van der Waals surface area (Å²) in [5, 5.41) is 0.693. The van der Waals surface area contributed by atoms with Crippen LogP contribution in [0, 0.1) is 17.8 Å². The highest BCUT2D eigenvalue weighted by atomic mass is 32.1. The molecule has 84 valence electrons. The smallest absolute Gasteiger partial charge is 0.00477 e. The zero-order valence-corrected chi connectivity index (χ0v) is 10.9. The average Bonchev–Trinajstić information content (AvgIpc) is 2.42. The van der Waals surface area contributed by atoms with E-state index in [1.807, 2.05) is 0 Å². The molecule has 0 aliphatic heterocycles. The van der Waals surface area contributed by atoms with Gasteiger partial charge in [-0.25, -0.2) is 0 Å². The summed E-state index contributed by atoms with van der Waals surface area (Å²) in [6.07, 6.45) is 8.34. The van der Waals surface area contributed by atoms with Crippen LogP contribution in [0.3, 0.4) is 0 Å². The first-order valence-corrected chi connectivity index (χ1v) is 6.83. The maximum absolute atomic E-state index is 4.70. The van der Waals surface area contributed by atoms with Crippen molar-refractivity contribution in [3.05, 3.63) is 0 Å². The molecule has 0 heterocycles. The highest BCUT2D eigenvalue weighted by Crippen LogP contribution is 2.37. The predicted octanol–water partition coefficient (Wildman–Crippen LogP) is 4.55. The second-order valence-corrected chi connectivity index (χ2v) is 6.04. The van der Waals surface area contributed by atoms with Crippen molar-refractivity contribution in [1.29, 1.82) is 0 Å². The molecule has 0 saturated heterocycles. The van der Waals surface area contributed by atoms with E-state index in [2.05, 4.69) is 20.8 Å². The van der Waals surface area contributed by atoms with Gasteiger partial charge in [0.1, 0.15) is 0 Å².